The fourth-order valence-corrected chi connectivity index (χ4v) is 3.31. The maximum atomic E-state index is 13.5. The zero-order chi connectivity index (χ0) is 21.4. The highest BCUT2D eigenvalue weighted by molar-refractivity contribution is 7.80. The highest BCUT2D eigenvalue weighted by atomic mass is 35.5. The molecule has 1 aliphatic heterocycles. The van der Waals surface area contributed by atoms with Crippen LogP contribution in [0, 0.1) is 11.6 Å². The molecule has 0 unspecified atom stereocenters. The second kappa shape index (κ2) is 7.81. The molecule has 1 aliphatic rings. The Kier molecular flexibility index (Phi) is 5.19. The molecule has 2 aromatic carbocycles. The molecule has 0 spiro atoms. The van der Waals surface area contributed by atoms with Gasteiger partial charge in [0.15, 0.2) is 5.11 Å². The fourth-order valence-electron chi connectivity index (χ4n) is 2.86. The van der Waals surface area contributed by atoms with Gasteiger partial charge in [-0.25, -0.2) is 8.78 Å². The van der Waals surface area contributed by atoms with Crippen LogP contribution in [0.4, 0.5) is 14.5 Å². The predicted molar refractivity (Wildman–Crippen MR) is 112 cm³/mol. The van der Waals surface area contributed by atoms with Crippen molar-refractivity contribution in [3.63, 3.8) is 0 Å². The Morgan fingerprint density at radius 2 is 1.77 bits per heavy atom. The van der Waals surface area contributed by atoms with E-state index in [2.05, 4.69) is 5.32 Å². The number of furan rings is 1. The van der Waals surface area contributed by atoms with Crippen molar-refractivity contribution in [1.29, 1.82) is 0 Å². The van der Waals surface area contributed by atoms with Crippen LogP contribution in [-0.2, 0) is 9.59 Å². The first-order valence-electron chi connectivity index (χ1n) is 8.56. The Balaban J connectivity index is 1.67. The zero-order valence-electron chi connectivity index (χ0n) is 15.0. The highest BCUT2D eigenvalue weighted by Crippen LogP contribution is 2.28. The first-order valence-corrected chi connectivity index (χ1v) is 9.34. The van der Waals surface area contributed by atoms with E-state index in [1.165, 1.54) is 30.3 Å². The molecule has 1 fully saturated rings. The molecule has 30 heavy (non-hydrogen) atoms. The first kappa shape index (κ1) is 19.9. The van der Waals surface area contributed by atoms with Crippen LogP contribution in [-0.4, -0.2) is 16.9 Å². The Hall–Kier alpha value is -3.36. The van der Waals surface area contributed by atoms with Crippen LogP contribution in [0.1, 0.15) is 5.76 Å². The lowest BCUT2D eigenvalue weighted by Gasteiger charge is -2.28. The summed E-state index contributed by atoms with van der Waals surface area (Å²) in [6.45, 7) is 0. The van der Waals surface area contributed by atoms with E-state index in [0.717, 1.165) is 11.0 Å². The quantitative estimate of drug-likeness (QED) is 0.361. The van der Waals surface area contributed by atoms with Crippen molar-refractivity contribution >= 4 is 52.5 Å². The van der Waals surface area contributed by atoms with Gasteiger partial charge in [0.2, 0.25) is 0 Å². The smallest absolute Gasteiger partial charge is 0.270 e. The van der Waals surface area contributed by atoms with E-state index >= 15 is 0 Å². The molecule has 1 aromatic heterocycles. The Bertz CT molecular complexity index is 1220. The molecule has 1 saturated heterocycles. The molecule has 0 radical (unpaired) electrons. The molecule has 0 bridgehead atoms. The Morgan fingerprint density at radius 1 is 1.03 bits per heavy atom. The summed E-state index contributed by atoms with van der Waals surface area (Å²) in [5.41, 5.74) is 0.599. The van der Waals surface area contributed by atoms with Gasteiger partial charge in [-0.3, -0.25) is 19.8 Å². The van der Waals surface area contributed by atoms with Gasteiger partial charge in [-0.1, -0.05) is 11.6 Å². The summed E-state index contributed by atoms with van der Waals surface area (Å²) in [6.07, 6.45) is 1.27. The highest BCUT2D eigenvalue weighted by Gasteiger charge is 2.35. The number of benzene rings is 2. The summed E-state index contributed by atoms with van der Waals surface area (Å²) < 4.78 is 32.2. The van der Waals surface area contributed by atoms with E-state index in [1.54, 1.807) is 24.3 Å². The van der Waals surface area contributed by atoms with Crippen molar-refractivity contribution in [1.82, 2.24) is 5.32 Å². The van der Waals surface area contributed by atoms with Crippen LogP contribution in [0.25, 0.3) is 17.4 Å². The van der Waals surface area contributed by atoms with E-state index in [0.29, 0.717) is 11.3 Å². The number of amides is 2. The van der Waals surface area contributed by atoms with E-state index in [1.807, 2.05) is 0 Å². The molecule has 3 aromatic rings. The SMILES string of the molecule is O=C1NC(=S)N(c2ccc(F)c(Cl)c2)C(=O)/C1=C/c1ccc(-c2ccc(F)cc2)o1. The molecule has 2 amide bonds. The largest absolute Gasteiger partial charge is 0.457 e. The van der Waals surface area contributed by atoms with Crippen molar-refractivity contribution in [3.05, 3.63) is 82.6 Å². The van der Waals surface area contributed by atoms with E-state index < -0.39 is 17.6 Å². The Labute approximate surface area is 179 Å². The molecule has 1 N–H and O–H groups in total. The van der Waals surface area contributed by atoms with Gasteiger partial charge in [0.05, 0.1) is 10.7 Å². The van der Waals surface area contributed by atoms with E-state index in [9.17, 15) is 18.4 Å². The lowest BCUT2D eigenvalue weighted by atomic mass is 10.1. The van der Waals surface area contributed by atoms with Gasteiger partial charge >= 0.3 is 0 Å². The zero-order valence-corrected chi connectivity index (χ0v) is 16.6. The number of anilines is 1. The molecule has 5 nitrogen and oxygen atoms in total. The lowest BCUT2D eigenvalue weighted by molar-refractivity contribution is -0.122. The topological polar surface area (TPSA) is 62.6 Å². The summed E-state index contributed by atoms with van der Waals surface area (Å²) in [5.74, 6) is -1.78. The third-order valence-corrected chi connectivity index (χ3v) is 4.88. The summed E-state index contributed by atoms with van der Waals surface area (Å²) >= 11 is 10.9. The van der Waals surface area contributed by atoms with Crippen LogP contribution in [0.5, 0.6) is 0 Å². The molecule has 150 valence electrons. The number of carbonyl (C=O) groups is 2. The van der Waals surface area contributed by atoms with Crippen molar-refractivity contribution in [2.75, 3.05) is 4.90 Å². The van der Waals surface area contributed by atoms with Gasteiger partial charge in [0, 0.05) is 5.56 Å². The second-order valence-electron chi connectivity index (χ2n) is 6.27. The predicted octanol–water partition coefficient (Wildman–Crippen LogP) is 4.71. The number of nitrogens with one attached hydrogen (secondary N) is 1. The molecule has 2 heterocycles. The number of hydrogen-bond acceptors (Lipinski definition) is 4. The van der Waals surface area contributed by atoms with Crippen molar-refractivity contribution in [2.45, 2.75) is 0 Å². The second-order valence-corrected chi connectivity index (χ2v) is 7.06. The Morgan fingerprint density at radius 3 is 2.47 bits per heavy atom. The van der Waals surface area contributed by atoms with E-state index in [4.69, 9.17) is 28.2 Å². The third kappa shape index (κ3) is 3.74. The van der Waals surface area contributed by atoms with Gasteiger partial charge < -0.3 is 4.42 Å². The molecular formula is C21H11ClF2N2O3S. The maximum absolute atomic E-state index is 13.5. The van der Waals surface area contributed by atoms with Gasteiger partial charge in [-0.15, -0.1) is 0 Å². The number of rotatable bonds is 3. The molecule has 9 heteroatoms. The van der Waals surface area contributed by atoms with Crippen molar-refractivity contribution in [3.8, 4) is 11.3 Å². The first-order chi connectivity index (χ1) is 14.3. The van der Waals surface area contributed by atoms with Crippen LogP contribution in [0.3, 0.4) is 0 Å². The average molecular weight is 445 g/mol. The van der Waals surface area contributed by atoms with E-state index in [-0.39, 0.29) is 33.0 Å². The average Bonchev–Trinajstić information content (AvgIpc) is 3.17. The summed E-state index contributed by atoms with van der Waals surface area (Å²) in [5, 5.41) is 2.07. The van der Waals surface area contributed by atoms with Gasteiger partial charge in [0.25, 0.3) is 11.8 Å². The molecule has 4 rings (SSSR count). The van der Waals surface area contributed by atoms with Gasteiger partial charge in [-0.2, -0.15) is 0 Å². The monoisotopic (exact) mass is 444 g/mol. The fraction of sp³-hybridized carbons (Fsp3) is 0. The standard InChI is InChI=1S/C21H11ClF2N2O3S/c22-16-9-13(5-7-17(16)24)26-20(28)15(19(27)25-21(26)30)10-14-6-8-18(29-14)11-1-3-12(23)4-2-11/h1-10H,(H,25,27,30)/b15-10+. The molecule has 0 aliphatic carbocycles. The normalized spacial score (nSPS) is 15.6. The molecule has 0 atom stereocenters. The summed E-state index contributed by atoms with van der Waals surface area (Å²) in [6, 6.07) is 12.5. The van der Waals surface area contributed by atoms with Crippen LogP contribution >= 0.6 is 23.8 Å². The van der Waals surface area contributed by atoms with Crippen LogP contribution in [0.2, 0.25) is 5.02 Å². The number of halogens is 3. The minimum atomic E-state index is -0.717. The van der Waals surface area contributed by atoms with Gasteiger partial charge in [-0.05, 0) is 72.9 Å². The number of nitrogens with zero attached hydrogens (tertiary/aromatic N) is 1. The minimum absolute atomic E-state index is 0.156. The minimum Gasteiger partial charge on any atom is -0.457 e. The lowest BCUT2D eigenvalue weighted by Crippen LogP contribution is -2.54. The molecule has 0 saturated carbocycles. The van der Waals surface area contributed by atoms with Crippen molar-refractivity contribution in [2.24, 2.45) is 0 Å². The number of carbonyl (C=O) groups excluding carboxylic acids is 2. The maximum Gasteiger partial charge on any atom is 0.270 e. The summed E-state index contributed by atoms with van der Waals surface area (Å²) in [7, 11) is 0. The number of hydrogen-bond donors (Lipinski definition) is 1. The summed E-state index contributed by atoms with van der Waals surface area (Å²) in [4.78, 5) is 26.3. The number of thiocarbonyl (C=S) groups is 1. The third-order valence-electron chi connectivity index (χ3n) is 4.31. The molecular weight excluding hydrogens is 434 g/mol. The van der Waals surface area contributed by atoms with Crippen LogP contribution in [0.15, 0.2) is 64.6 Å². The van der Waals surface area contributed by atoms with Gasteiger partial charge in [0.1, 0.15) is 28.7 Å². The van der Waals surface area contributed by atoms with Crippen LogP contribution < -0.4 is 10.2 Å². The van der Waals surface area contributed by atoms with Crippen molar-refractivity contribution < 1.29 is 22.8 Å².